The Balaban J connectivity index is 1.45. The van der Waals surface area contributed by atoms with Crippen LogP contribution >= 0.6 is 11.3 Å². The van der Waals surface area contributed by atoms with Gasteiger partial charge in [0.1, 0.15) is 12.0 Å². The fraction of sp³-hybridized carbons (Fsp3) is 0.200. The molecule has 28 heavy (non-hydrogen) atoms. The van der Waals surface area contributed by atoms with Crippen molar-refractivity contribution in [2.45, 2.75) is 19.6 Å². The first-order valence-corrected chi connectivity index (χ1v) is 9.57. The molecule has 0 aliphatic carbocycles. The molecule has 4 aromatic rings. The van der Waals surface area contributed by atoms with Gasteiger partial charge < -0.3 is 14.1 Å². The van der Waals surface area contributed by atoms with E-state index in [1.807, 2.05) is 31.2 Å². The van der Waals surface area contributed by atoms with Crippen LogP contribution in [0.5, 0.6) is 5.75 Å². The van der Waals surface area contributed by atoms with Gasteiger partial charge in [-0.3, -0.25) is 14.8 Å². The average molecular weight is 394 g/mol. The molecule has 0 fully saturated rings. The summed E-state index contributed by atoms with van der Waals surface area (Å²) in [6.07, 6.45) is 6.63. The van der Waals surface area contributed by atoms with E-state index >= 15 is 0 Å². The van der Waals surface area contributed by atoms with E-state index in [-0.39, 0.29) is 24.2 Å². The van der Waals surface area contributed by atoms with E-state index in [4.69, 9.17) is 9.15 Å². The Hall–Kier alpha value is -3.26. The van der Waals surface area contributed by atoms with Crippen LogP contribution in [0.2, 0.25) is 0 Å². The summed E-state index contributed by atoms with van der Waals surface area (Å²) in [6, 6.07) is 7.55. The minimum Gasteiger partial charge on any atom is -0.483 e. The number of pyridine rings is 1. The Morgan fingerprint density at radius 2 is 2.18 bits per heavy atom. The highest BCUT2D eigenvalue weighted by atomic mass is 32.1. The van der Waals surface area contributed by atoms with Gasteiger partial charge in [0.15, 0.2) is 12.3 Å². The highest BCUT2D eigenvalue weighted by molar-refractivity contribution is 7.09. The van der Waals surface area contributed by atoms with Gasteiger partial charge in [0.05, 0.1) is 11.6 Å². The molecular formula is C20H18N4O3S. The minimum atomic E-state index is -0.216. The number of fused-ring (bicyclic) bond motifs is 1. The number of oxazole rings is 1. The zero-order chi connectivity index (χ0) is 19.5. The number of hydrogen-bond donors (Lipinski definition) is 0. The zero-order valence-electron chi connectivity index (χ0n) is 15.4. The van der Waals surface area contributed by atoms with Crippen molar-refractivity contribution >= 4 is 28.0 Å². The van der Waals surface area contributed by atoms with Crippen LogP contribution in [0.3, 0.4) is 0 Å². The van der Waals surface area contributed by atoms with E-state index in [9.17, 15) is 4.79 Å². The van der Waals surface area contributed by atoms with Crippen molar-refractivity contribution in [1.29, 1.82) is 0 Å². The van der Waals surface area contributed by atoms with Gasteiger partial charge in [0, 0.05) is 41.3 Å². The molecule has 1 aromatic carbocycles. The number of aromatic nitrogens is 3. The van der Waals surface area contributed by atoms with Crippen LogP contribution in [0.25, 0.3) is 10.8 Å². The van der Waals surface area contributed by atoms with E-state index in [0.717, 1.165) is 15.6 Å². The maximum absolute atomic E-state index is 12.7. The number of rotatable bonds is 6. The molecule has 0 N–H and O–H groups in total. The summed E-state index contributed by atoms with van der Waals surface area (Å²) in [4.78, 5) is 27.8. The number of hydrogen-bond acceptors (Lipinski definition) is 7. The quantitative estimate of drug-likeness (QED) is 0.490. The number of ether oxygens (including phenoxy) is 1. The maximum atomic E-state index is 12.7. The number of carbonyl (C=O) groups excluding carboxylic acids is 1. The van der Waals surface area contributed by atoms with Crippen molar-refractivity contribution in [1.82, 2.24) is 19.9 Å². The highest BCUT2D eigenvalue weighted by Crippen LogP contribution is 2.26. The number of nitrogens with zero attached hydrogens (tertiary/aromatic N) is 4. The van der Waals surface area contributed by atoms with Crippen molar-refractivity contribution in [3.63, 3.8) is 0 Å². The maximum Gasteiger partial charge on any atom is 0.276 e. The normalized spacial score (nSPS) is 12.1. The molecule has 0 spiro atoms. The lowest BCUT2D eigenvalue weighted by atomic mass is 10.1. The van der Waals surface area contributed by atoms with Gasteiger partial charge in [-0.05, 0) is 19.1 Å². The van der Waals surface area contributed by atoms with Crippen LogP contribution in [-0.4, -0.2) is 32.8 Å². The third-order valence-corrected chi connectivity index (χ3v) is 5.47. The molecule has 0 aliphatic heterocycles. The molecule has 142 valence electrons. The second-order valence-corrected chi connectivity index (χ2v) is 7.18. The van der Waals surface area contributed by atoms with E-state index in [0.29, 0.717) is 11.6 Å². The van der Waals surface area contributed by atoms with Gasteiger partial charge >= 0.3 is 0 Å². The summed E-state index contributed by atoms with van der Waals surface area (Å²) in [7, 11) is 1.74. The molecule has 4 rings (SSSR count). The second kappa shape index (κ2) is 7.77. The fourth-order valence-electron chi connectivity index (χ4n) is 2.81. The molecule has 7 nitrogen and oxygen atoms in total. The van der Waals surface area contributed by atoms with Crippen LogP contribution < -0.4 is 4.74 Å². The minimum absolute atomic E-state index is 0.0966. The van der Waals surface area contributed by atoms with Gasteiger partial charge in [0.2, 0.25) is 5.89 Å². The molecule has 0 aliphatic rings. The van der Waals surface area contributed by atoms with Gasteiger partial charge in [-0.1, -0.05) is 12.1 Å². The first kappa shape index (κ1) is 18.1. The predicted octanol–water partition coefficient (Wildman–Crippen LogP) is 4.09. The summed E-state index contributed by atoms with van der Waals surface area (Å²) in [5, 5.41) is 1.94. The van der Waals surface area contributed by atoms with Gasteiger partial charge in [-0.15, -0.1) is 11.3 Å². The van der Waals surface area contributed by atoms with Gasteiger partial charge in [-0.2, -0.15) is 0 Å². The smallest absolute Gasteiger partial charge is 0.276 e. The monoisotopic (exact) mass is 394 g/mol. The summed E-state index contributed by atoms with van der Waals surface area (Å²) < 4.78 is 11.3. The summed E-state index contributed by atoms with van der Waals surface area (Å²) in [6.45, 7) is 2.08. The Morgan fingerprint density at radius 3 is 3.00 bits per heavy atom. The van der Waals surface area contributed by atoms with Crippen LogP contribution in [0, 0.1) is 0 Å². The van der Waals surface area contributed by atoms with Crippen molar-refractivity contribution in [3.05, 3.63) is 71.1 Å². The molecule has 1 amide bonds. The van der Waals surface area contributed by atoms with Crippen molar-refractivity contribution < 1.29 is 13.9 Å². The zero-order valence-corrected chi connectivity index (χ0v) is 16.2. The van der Waals surface area contributed by atoms with E-state index in [1.165, 1.54) is 17.6 Å². The predicted molar refractivity (Wildman–Crippen MR) is 105 cm³/mol. The summed E-state index contributed by atoms with van der Waals surface area (Å²) in [5.41, 5.74) is 2.00. The SMILES string of the molecule is CC(c1cncs1)N(C)C(=O)c1coc(COc2cccc3cnccc23)n1. The highest BCUT2D eigenvalue weighted by Gasteiger charge is 2.23. The largest absolute Gasteiger partial charge is 0.483 e. The van der Waals surface area contributed by atoms with E-state index in [2.05, 4.69) is 15.0 Å². The molecular weight excluding hydrogens is 376 g/mol. The van der Waals surface area contributed by atoms with Gasteiger partial charge in [0.25, 0.3) is 5.91 Å². The number of carbonyl (C=O) groups is 1. The standard InChI is InChI=1S/C20H18N4O3S/c1-13(18-9-22-12-28-18)24(2)20(25)16-10-27-19(23-16)11-26-17-5-3-4-14-8-21-7-6-15(14)17/h3-10,12-13H,11H2,1-2H3. The van der Waals surface area contributed by atoms with E-state index in [1.54, 1.807) is 36.0 Å². The first-order chi connectivity index (χ1) is 13.6. The molecule has 0 saturated heterocycles. The molecule has 1 unspecified atom stereocenters. The second-order valence-electron chi connectivity index (χ2n) is 6.26. The first-order valence-electron chi connectivity index (χ1n) is 8.69. The third-order valence-electron chi connectivity index (χ3n) is 4.53. The Kier molecular flexibility index (Phi) is 5.03. The van der Waals surface area contributed by atoms with Crippen LogP contribution in [0.4, 0.5) is 0 Å². The molecule has 1 atom stereocenters. The number of thiazole rings is 1. The topological polar surface area (TPSA) is 81.4 Å². The lowest BCUT2D eigenvalue weighted by molar-refractivity contribution is 0.0738. The number of benzene rings is 1. The van der Waals surface area contributed by atoms with Crippen molar-refractivity contribution in [3.8, 4) is 5.75 Å². The lowest BCUT2D eigenvalue weighted by Gasteiger charge is -2.22. The third kappa shape index (κ3) is 3.59. The molecule has 0 bridgehead atoms. The van der Waals surface area contributed by atoms with Crippen LogP contribution in [-0.2, 0) is 6.61 Å². The van der Waals surface area contributed by atoms with Crippen LogP contribution in [0.15, 0.2) is 59.0 Å². The molecule has 8 heteroatoms. The fourth-order valence-corrected chi connectivity index (χ4v) is 3.53. The average Bonchev–Trinajstić information content (AvgIpc) is 3.43. The molecule has 3 aromatic heterocycles. The Morgan fingerprint density at radius 1 is 1.29 bits per heavy atom. The number of amides is 1. The molecule has 0 saturated carbocycles. The van der Waals surface area contributed by atoms with Crippen molar-refractivity contribution in [2.75, 3.05) is 7.05 Å². The Bertz CT molecular complexity index is 1090. The molecule has 0 radical (unpaired) electrons. The Labute approximate surface area is 165 Å². The van der Waals surface area contributed by atoms with Gasteiger partial charge in [-0.25, -0.2) is 4.98 Å². The van der Waals surface area contributed by atoms with E-state index < -0.39 is 0 Å². The lowest BCUT2D eigenvalue weighted by Crippen LogP contribution is -2.29. The van der Waals surface area contributed by atoms with Crippen molar-refractivity contribution in [2.24, 2.45) is 0 Å². The van der Waals surface area contributed by atoms with Crippen LogP contribution in [0.1, 0.15) is 34.2 Å². The molecule has 3 heterocycles. The summed E-state index contributed by atoms with van der Waals surface area (Å²) in [5.74, 6) is 0.835. The summed E-state index contributed by atoms with van der Waals surface area (Å²) >= 11 is 1.51.